The number of nitrogens with one attached hydrogen (secondary N) is 2. The summed E-state index contributed by atoms with van der Waals surface area (Å²) in [5, 5.41) is 17.7. The zero-order valence-corrected chi connectivity index (χ0v) is 19.3. The number of benzene rings is 1. The second-order valence-electron chi connectivity index (χ2n) is 7.54. The molecule has 2 aromatic rings. The van der Waals surface area contributed by atoms with E-state index in [0.29, 0.717) is 63.8 Å². The second kappa shape index (κ2) is 8.87. The number of aromatic carboxylic acids is 1. The van der Waals surface area contributed by atoms with E-state index in [1.165, 1.54) is 17.4 Å². The number of carboxylic acid groups (broad SMARTS) is 1. The summed E-state index contributed by atoms with van der Waals surface area (Å²) in [5.74, 6) is -1.04. The molecule has 0 radical (unpaired) electrons. The van der Waals surface area contributed by atoms with Crippen LogP contribution in [0.1, 0.15) is 56.9 Å². The van der Waals surface area contributed by atoms with Crippen molar-refractivity contribution in [2.75, 3.05) is 6.54 Å². The van der Waals surface area contributed by atoms with Crippen LogP contribution >= 0.6 is 24.0 Å². The maximum absolute atomic E-state index is 13.0. The van der Waals surface area contributed by atoms with Gasteiger partial charge in [0.05, 0.1) is 27.6 Å². The highest BCUT2D eigenvalue weighted by molar-refractivity contribution is 7.90. The van der Waals surface area contributed by atoms with E-state index in [9.17, 15) is 19.5 Å². The lowest BCUT2D eigenvalue weighted by molar-refractivity contribution is -0.118. The van der Waals surface area contributed by atoms with Crippen LogP contribution in [0.15, 0.2) is 17.1 Å². The Balaban J connectivity index is 1.85. The first kappa shape index (κ1) is 22.2. The molecule has 0 fully saturated rings. The highest BCUT2D eigenvalue weighted by Crippen LogP contribution is 2.21. The number of amides is 1. The molecular weight excluding hydrogens is 448 g/mol. The van der Waals surface area contributed by atoms with Crippen molar-refractivity contribution < 1.29 is 19.5 Å². The van der Waals surface area contributed by atoms with E-state index in [1.54, 1.807) is 6.07 Å². The summed E-state index contributed by atoms with van der Waals surface area (Å²) in [7, 11) is 0. The van der Waals surface area contributed by atoms with Gasteiger partial charge in [-0.2, -0.15) is 0 Å². The average molecular weight is 471 g/mol. The second-order valence-corrected chi connectivity index (χ2v) is 9.28. The number of ketones is 1. The largest absolute Gasteiger partial charge is 0.478 e. The molecule has 0 bridgehead atoms. The van der Waals surface area contributed by atoms with E-state index in [-0.39, 0.29) is 23.1 Å². The Kier molecular flexibility index (Phi) is 6.16. The van der Waals surface area contributed by atoms with Gasteiger partial charge >= 0.3 is 5.97 Å². The number of carbonyl (C=O) groups excluding carboxylic acids is 2. The van der Waals surface area contributed by atoms with E-state index in [4.69, 9.17) is 0 Å². The Hall–Kier alpha value is -2.98. The first-order valence-corrected chi connectivity index (χ1v) is 11.5. The maximum atomic E-state index is 13.0. The molecule has 0 saturated heterocycles. The van der Waals surface area contributed by atoms with Crippen LogP contribution in [0, 0.1) is 6.92 Å². The number of Topliss-reactive ketones (excluding diaryl/α,β-unsaturated/α-hetero) is 1. The molecule has 1 amide bonds. The van der Waals surface area contributed by atoms with Crippen LogP contribution in [-0.4, -0.2) is 40.1 Å². The zero-order chi connectivity index (χ0) is 23.0. The minimum atomic E-state index is -1.09. The van der Waals surface area contributed by atoms with Crippen LogP contribution in [0.25, 0.3) is 10.6 Å². The molecule has 0 spiro atoms. The van der Waals surface area contributed by atoms with Crippen molar-refractivity contribution in [2.45, 2.75) is 39.5 Å². The lowest BCUT2D eigenvalue weighted by Gasteiger charge is -2.13. The number of aromatic nitrogens is 1. The molecule has 8 nitrogen and oxygen atoms in total. The summed E-state index contributed by atoms with van der Waals surface area (Å²) in [5.41, 5.74) is 1.78. The number of rotatable bonds is 3. The highest BCUT2D eigenvalue weighted by atomic mass is 32.1. The third-order valence-corrected chi connectivity index (χ3v) is 6.79. The fourth-order valence-electron chi connectivity index (χ4n) is 3.78. The van der Waals surface area contributed by atoms with E-state index in [2.05, 4.69) is 33.2 Å². The number of carboxylic acids is 1. The SMILES string of the molecule is CCc1nc(C)sc1C(=O)NC1=Nc2cc(C(=O)O)c/c3c2=C1NCCC(=O)CC/C=3S. The van der Waals surface area contributed by atoms with Gasteiger partial charge in [0, 0.05) is 24.6 Å². The molecule has 2 aliphatic heterocycles. The Labute approximate surface area is 193 Å². The van der Waals surface area contributed by atoms with Crippen LogP contribution in [0.4, 0.5) is 5.69 Å². The number of thiazole rings is 1. The predicted octanol–water partition coefficient (Wildman–Crippen LogP) is 1.67. The van der Waals surface area contributed by atoms with Crippen molar-refractivity contribution in [3.63, 3.8) is 0 Å². The van der Waals surface area contributed by atoms with E-state index < -0.39 is 5.97 Å². The molecule has 32 heavy (non-hydrogen) atoms. The van der Waals surface area contributed by atoms with Gasteiger partial charge in [0.2, 0.25) is 0 Å². The molecule has 0 unspecified atom stereocenters. The number of amidine groups is 1. The first-order valence-electron chi connectivity index (χ1n) is 10.2. The minimum absolute atomic E-state index is 0.0655. The van der Waals surface area contributed by atoms with Crippen molar-refractivity contribution >= 4 is 63.8 Å². The number of aryl methyl sites for hydroxylation is 2. The summed E-state index contributed by atoms with van der Waals surface area (Å²) < 4.78 is 0. The standard InChI is InChI=1S/C22H22N4O4S2/c1-3-14-19(32-10(2)24-14)21(28)26-20-18-17-13(8-11(22(29)30)9-15(17)25-20)16(31)5-4-12(27)6-7-23-18/h8-9,23,31H,3-7H2,1-2H3,(H,29,30)(H,25,26,28)/b16-13-. The zero-order valence-electron chi connectivity index (χ0n) is 17.6. The van der Waals surface area contributed by atoms with Gasteiger partial charge in [0.25, 0.3) is 5.91 Å². The summed E-state index contributed by atoms with van der Waals surface area (Å²) in [6.45, 7) is 4.17. The lowest BCUT2D eigenvalue weighted by Crippen LogP contribution is -2.40. The normalized spacial score (nSPS) is 17.4. The Morgan fingerprint density at radius 2 is 2.06 bits per heavy atom. The van der Waals surface area contributed by atoms with Crippen LogP contribution in [0.3, 0.4) is 0 Å². The Morgan fingerprint density at radius 1 is 1.28 bits per heavy atom. The van der Waals surface area contributed by atoms with Gasteiger partial charge in [-0.1, -0.05) is 6.92 Å². The van der Waals surface area contributed by atoms with Gasteiger partial charge < -0.3 is 15.7 Å². The molecular formula is C22H22N4O4S2. The molecule has 10 heteroatoms. The maximum Gasteiger partial charge on any atom is 0.335 e. The summed E-state index contributed by atoms with van der Waals surface area (Å²) >= 11 is 5.90. The minimum Gasteiger partial charge on any atom is -0.478 e. The average Bonchev–Trinajstić information content (AvgIpc) is 3.30. The monoisotopic (exact) mass is 470 g/mol. The fraction of sp³-hybridized carbons (Fsp3) is 0.318. The van der Waals surface area contributed by atoms with Gasteiger partial charge in [-0.3, -0.25) is 9.59 Å². The number of nitrogens with zero attached hydrogens (tertiary/aromatic N) is 2. The summed E-state index contributed by atoms with van der Waals surface area (Å²) in [6, 6.07) is 3.02. The van der Waals surface area contributed by atoms with Gasteiger partial charge in [0.1, 0.15) is 10.7 Å². The Bertz CT molecular complexity index is 1310. The molecule has 1 aromatic carbocycles. The van der Waals surface area contributed by atoms with Gasteiger partial charge in [-0.05, 0) is 42.0 Å². The molecule has 4 rings (SSSR count). The van der Waals surface area contributed by atoms with Crippen LogP contribution in [0.5, 0.6) is 0 Å². The molecule has 2 aliphatic rings. The molecule has 0 atom stereocenters. The van der Waals surface area contributed by atoms with E-state index in [1.807, 2.05) is 13.8 Å². The molecule has 3 N–H and O–H groups in total. The summed E-state index contributed by atoms with van der Waals surface area (Å²) in [6.07, 6.45) is 1.70. The topological polar surface area (TPSA) is 121 Å². The molecule has 0 saturated carbocycles. The lowest BCUT2D eigenvalue weighted by atomic mass is 10.0. The molecule has 0 aliphatic carbocycles. The van der Waals surface area contributed by atoms with Crippen LogP contribution in [0.2, 0.25) is 0 Å². The van der Waals surface area contributed by atoms with Gasteiger partial charge in [0.15, 0.2) is 5.84 Å². The van der Waals surface area contributed by atoms with Crippen molar-refractivity contribution in [1.82, 2.24) is 15.6 Å². The Morgan fingerprint density at radius 3 is 2.78 bits per heavy atom. The number of hydrogen-bond donors (Lipinski definition) is 4. The van der Waals surface area contributed by atoms with Gasteiger partial charge in [-0.15, -0.1) is 24.0 Å². The smallest absolute Gasteiger partial charge is 0.335 e. The van der Waals surface area contributed by atoms with Crippen molar-refractivity contribution in [2.24, 2.45) is 4.99 Å². The third-order valence-electron chi connectivity index (χ3n) is 5.32. The quantitative estimate of drug-likeness (QED) is 0.507. The number of hydrogen-bond acceptors (Lipinski definition) is 8. The van der Waals surface area contributed by atoms with E-state index in [0.717, 1.165) is 10.7 Å². The van der Waals surface area contributed by atoms with Crippen LogP contribution < -0.4 is 21.1 Å². The van der Waals surface area contributed by atoms with Crippen molar-refractivity contribution in [1.29, 1.82) is 0 Å². The van der Waals surface area contributed by atoms with Crippen molar-refractivity contribution in [3.05, 3.63) is 43.7 Å². The summed E-state index contributed by atoms with van der Waals surface area (Å²) in [4.78, 5) is 47.0. The molecule has 3 heterocycles. The predicted molar refractivity (Wildman–Crippen MR) is 126 cm³/mol. The fourth-order valence-corrected chi connectivity index (χ4v) is 4.97. The molecule has 1 aromatic heterocycles. The van der Waals surface area contributed by atoms with Gasteiger partial charge in [-0.25, -0.2) is 14.8 Å². The number of thiol groups is 1. The highest BCUT2D eigenvalue weighted by Gasteiger charge is 2.25. The van der Waals surface area contributed by atoms with E-state index >= 15 is 0 Å². The molecule has 166 valence electrons. The number of aliphatic imine (C=N–C) groups is 1. The van der Waals surface area contributed by atoms with Crippen LogP contribution in [-0.2, 0) is 11.2 Å². The third kappa shape index (κ3) is 4.20. The first-order chi connectivity index (χ1) is 15.3. The number of carbonyl (C=O) groups is 3. The van der Waals surface area contributed by atoms with Crippen molar-refractivity contribution in [3.8, 4) is 0 Å².